The Morgan fingerprint density at radius 1 is 1.33 bits per heavy atom. The zero-order valence-corrected chi connectivity index (χ0v) is 15.0. The Labute approximate surface area is 146 Å². The number of rotatable bonds is 6. The smallest absolute Gasteiger partial charge is 0.321 e. The Hall–Kier alpha value is -2.08. The second kappa shape index (κ2) is 7.21. The molecule has 1 atom stereocenters. The van der Waals surface area contributed by atoms with E-state index in [2.05, 4.69) is 15.6 Å². The normalized spacial score (nSPS) is 15.2. The van der Waals surface area contributed by atoms with E-state index in [0.29, 0.717) is 11.0 Å². The van der Waals surface area contributed by atoms with E-state index in [1.165, 1.54) is 24.2 Å². The van der Waals surface area contributed by atoms with Gasteiger partial charge < -0.3 is 10.1 Å². The van der Waals surface area contributed by atoms with Gasteiger partial charge in [-0.15, -0.1) is 11.3 Å². The van der Waals surface area contributed by atoms with Crippen molar-refractivity contribution in [3.05, 3.63) is 40.9 Å². The standard InChI is InChI=1S/C18H23N3O2S/c1-11(2)23-15-6-4-5-14(9-15)12(3)19-17(22)21-18-20-16(10-24-18)13-7-8-13/h4-6,9-13H,7-8H2,1-3H3,(H2,19,20,21,22). The molecule has 1 aliphatic rings. The summed E-state index contributed by atoms with van der Waals surface area (Å²) in [7, 11) is 0. The van der Waals surface area contributed by atoms with Crippen molar-refractivity contribution in [3.8, 4) is 5.75 Å². The van der Waals surface area contributed by atoms with Gasteiger partial charge >= 0.3 is 6.03 Å². The molecule has 0 bridgehead atoms. The maximum absolute atomic E-state index is 12.2. The van der Waals surface area contributed by atoms with Crippen molar-refractivity contribution in [3.63, 3.8) is 0 Å². The van der Waals surface area contributed by atoms with Gasteiger partial charge in [0.1, 0.15) is 5.75 Å². The molecule has 0 spiro atoms. The van der Waals surface area contributed by atoms with Gasteiger partial charge in [-0.2, -0.15) is 0 Å². The van der Waals surface area contributed by atoms with E-state index in [0.717, 1.165) is 17.0 Å². The second-order valence-corrected chi connectivity index (χ2v) is 7.27. The summed E-state index contributed by atoms with van der Waals surface area (Å²) in [6.45, 7) is 5.93. The van der Waals surface area contributed by atoms with Gasteiger partial charge in [0.05, 0.1) is 17.8 Å². The van der Waals surface area contributed by atoms with Crippen LogP contribution in [0.2, 0.25) is 0 Å². The second-order valence-electron chi connectivity index (χ2n) is 6.41. The van der Waals surface area contributed by atoms with Crippen LogP contribution >= 0.6 is 11.3 Å². The van der Waals surface area contributed by atoms with Crippen molar-refractivity contribution in [2.75, 3.05) is 5.32 Å². The third-order valence-corrected chi connectivity index (χ3v) is 4.59. The molecule has 1 heterocycles. The van der Waals surface area contributed by atoms with E-state index in [4.69, 9.17) is 4.74 Å². The zero-order valence-electron chi connectivity index (χ0n) is 14.2. The Balaban J connectivity index is 1.56. The van der Waals surface area contributed by atoms with Gasteiger partial charge in [0.15, 0.2) is 5.13 Å². The van der Waals surface area contributed by atoms with Crippen molar-refractivity contribution >= 4 is 22.5 Å². The predicted octanol–water partition coefficient (Wildman–Crippen LogP) is 4.69. The Bertz CT molecular complexity index is 710. The van der Waals surface area contributed by atoms with Crippen molar-refractivity contribution in [1.29, 1.82) is 0 Å². The van der Waals surface area contributed by atoms with Gasteiger partial charge in [0.25, 0.3) is 0 Å². The number of nitrogens with one attached hydrogen (secondary N) is 2. The van der Waals surface area contributed by atoms with Crippen molar-refractivity contribution in [2.24, 2.45) is 0 Å². The molecule has 128 valence electrons. The summed E-state index contributed by atoms with van der Waals surface area (Å²) in [5, 5.41) is 8.44. The lowest BCUT2D eigenvalue weighted by atomic mass is 10.1. The van der Waals surface area contributed by atoms with E-state index >= 15 is 0 Å². The first-order chi connectivity index (χ1) is 11.5. The van der Waals surface area contributed by atoms with Gasteiger partial charge in [-0.05, 0) is 51.3 Å². The summed E-state index contributed by atoms with van der Waals surface area (Å²) < 4.78 is 5.70. The van der Waals surface area contributed by atoms with Crippen LogP contribution in [0.25, 0.3) is 0 Å². The first kappa shape index (κ1) is 16.8. The van der Waals surface area contributed by atoms with Gasteiger partial charge in [0.2, 0.25) is 0 Å². The lowest BCUT2D eigenvalue weighted by Crippen LogP contribution is -2.31. The van der Waals surface area contributed by atoms with Crippen LogP contribution < -0.4 is 15.4 Å². The summed E-state index contributed by atoms with van der Waals surface area (Å²) in [4.78, 5) is 16.6. The van der Waals surface area contributed by atoms with Crippen LogP contribution in [0.1, 0.15) is 56.8 Å². The number of aromatic nitrogens is 1. The summed E-state index contributed by atoms with van der Waals surface area (Å²) in [6, 6.07) is 7.43. The molecule has 1 aliphatic carbocycles. The fourth-order valence-corrected chi connectivity index (χ4v) is 3.24. The fraction of sp³-hybridized carbons (Fsp3) is 0.444. The molecule has 3 rings (SSSR count). The van der Waals surface area contributed by atoms with Crippen molar-refractivity contribution < 1.29 is 9.53 Å². The Kier molecular flexibility index (Phi) is 5.04. The van der Waals surface area contributed by atoms with Crippen LogP contribution in [0, 0.1) is 0 Å². The average molecular weight is 345 g/mol. The molecule has 24 heavy (non-hydrogen) atoms. The van der Waals surface area contributed by atoms with Crippen LogP contribution in [0.15, 0.2) is 29.6 Å². The van der Waals surface area contributed by atoms with Crippen LogP contribution in [0.4, 0.5) is 9.93 Å². The number of thiazole rings is 1. The predicted molar refractivity (Wildman–Crippen MR) is 96.9 cm³/mol. The number of nitrogens with zero attached hydrogens (tertiary/aromatic N) is 1. The van der Waals surface area contributed by atoms with Crippen LogP contribution in [0.3, 0.4) is 0 Å². The summed E-state index contributed by atoms with van der Waals surface area (Å²) in [5.41, 5.74) is 2.10. The lowest BCUT2D eigenvalue weighted by Gasteiger charge is -2.16. The molecule has 2 amide bonds. The number of carbonyl (C=O) groups excluding carboxylic acids is 1. The van der Waals surface area contributed by atoms with E-state index in [1.807, 2.05) is 50.4 Å². The fourth-order valence-electron chi connectivity index (χ4n) is 2.45. The SMILES string of the molecule is CC(C)Oc1cccc(C(C)NC(=O)Nc2nc(C3CC3)cs2)c1. The number of anilines is 1. The monoisotopic (exact) mass is 345 g/mol. The molecule has 1 unspecified atom stereocenters. The molecule has 6 heteroatoms. The number of amides is 2. The van der Waals surface area contributed by atoms with E-state index in [9.17, 15) is 4.79 Å². The molecule has 2 aromatic rings. The molecule has 0 saturated heterocycles. The number of urea groups is 1. The van der Waals surface area contributed by atoms with Crippen molar-refractivity contribution in [1.82, 2.24) is 10.3 Å². The topological polar surface area (TPSA) is 63.2 Å². The summed E-state index contributed by atoms with van der Waals surface area (Å²) in [6.07, 6.45) is 2.54. The first-order valence-corrected chi connectivity index (χ1v) is 9.19. The van der Waals surface area contributed by atoms with Gasteiger partial charge in [-0.25, -0.2) is 9.78 Å². The van der Waals surface area contributed by atoms with Crippen LogP contribution in [-0.2, 0) is 0 Å². The molecule has 1 fully saturated rings. The maximum Gasteiger partial charge on any atom is 0.321 e. The van der Waals surface area contributed by atoms with E-state index in [-0.39, 0.29) is 18.2 Å². The molecule has 1 aromatic carbocycles. The highest BCUT2D eigenvalue weighted by molar-refractivity contribution is 7.13. The van der Waals surface area contributed by atoms with E-state index in [1.54, 1.807) is 0 Å². The van der Waals surface area contributed by atoms with E-state index < -0.39 is 0 Å². The highest BCUT2D eigenvalue weighted by Crippen LogP contribution is 2.40. The maximum atomic E-state index is 12.2. The minimum absolute atomic E-state index is 0.122. The minimum Gasteiger partial charge on any atom is -0.491 e. The number of hydrogen-bond donors (Lipinski definition) is 2. The van der Waals surface area contributed by atoms with Gasteiger partial charge in [0, 0.05) is 11.3 Å². The third kappa shape index (κ3) is 4.47. The molecule has 0 radical (unpaired) electrons. The highest BCUT2D eigenvalue weighted by atomic mass is 32.1. The first-order valence-electron chi connectivity index (χ1n) is 8.31. The molecule has 1 saturated carbocycles. The third-order valence-electron chi connectivity index (χ3n) is 3.82. The molecule has 0 aliphatic heterocycles. The number of carbonyl (C=O) groups is 1. The number of benzene rings is 1. The molecular formula is C18H23N3O2S. The van der Waals surface area contributed by atoms with Crippen molar-refractivity contribution in [2.45, 2.75) is 51.7 Å². The molecular weight excluding hydrogens is 322 g/mol. The zero-order chi connectivity index (χ0) is 17.1. The molecule has 5 nitrogen and oxygen atoms in total. The van der Waals surface area contributed by atoms with Gasteiger partial charge in [-0.3, -0.25) is 5.32 Å². The lowest BCUT2D eigenvalue weighted by molar-refractivity contribution is 0.241. The minimum atomic E-state index is -0.241. The van der Waals surface area contributed by atoms with Gasteiger partial charge in [-0.1, -0.05) is 12.1 Å². The van der Waals surface area contributed by atoms with Crippen LogP contribution in [-0.4, -0.2) is 17.1 Å². The summed E-state index contributed by atoms with van der Waals surface area (Å²) in [5.74, 6) is 1.41. The number of hydrogen-bond acceptors (Lipinski definition) is 4. The largest absolute Gasteiger partial charge is 0.491 e. The van der Waals surface area contributed by atoms with Crippen LogP contribution in [0.5, 0.6) is 5.75 Å². The number of ether oxygens (including phenoxy) is 1. The Morgan fingerprint density at radius 2 is 2.12 bits per heavy atom. The molecule has 1 aromatic heterocycles. The quantitative estimate of drug-likeness (QED) is 0.798. The Morgan fingerprint density at radius 3 is 2.83 bits per heavy atom. The molecule has 2 N–H and O–H groups in total. The summed E-state index contributed by atoms with van der Waals surface area (Å²) >= 11 is 1.48. The highest BCUT2D eigenvalue weighted by Gasteiger charge is 2.26. The average Bonchev–Trinajstić information content (AvgIpc) is 3.27.